The van der Waals surface area contributed by atoms with Gasteiger partial charge >= 0.3 is 0 Å². The van der Waals surface area contributed by atoms with E-state index in [1.54, 1.807) is 25.4 Å². The Morgan fingerprint density at radius 2 is 2.11 bits per heavy atom. The maximum absolute atomic E-state index is 13.7. The highest BCUT2D eigenvalue weighted by Gasteiger charge is 2.14. The molecular formula is C13H11ClFN3O. The Morgan fingerprint density at radius 3 is 2.84 bits per heavy atom. The van der Waals surface area contributed by atoms with Gasteiger partial charge < -0.3 is 10.6 Å². The highest BCUT2D eigenvalue weighted by molar-refractivity contribution is 6.31. The molecule has 1 aromatic carbocycles. The number of hydrogen-bond acceptors (Lipinski definition) is 3. The molecule has 0 spiro atoms. The van der Waals surface area contributed by atoms with Crippen LogP contribution in [0.15, 0.2) is 36.7 Å². The molecule has 0 unspecified atom stereocenters. The van der Waals surface area contributed by atoms with Crippen LogP contribution in [0, 0.1) is 5.82 Å². The van der Waals surface area contributed by atoms with Gasteiger partial charge in [-0.3, -0.25) is 9.78 Å². The summed E-state index contributed by atoms with van der Waals surface area (Å²) in [6.07, 6.45) is 2.96. The van der Waals surface area contributed by atoms with E-state index in [0.717, 1.165) is 0 Å². The Bertz CT molecular complexity index is 619. The molecule has 1 aromatic heterocycles. The van der Waals surface area contributed by atoms with E-state index in [2.05, 4.69) is 15.6 Å². The Labute approximate surface area is 114 Å². The van der Waals surface area contributed by atoms with Gasteiger partial charge in [0.25, 0.3) is 5.91 Å². The quantitative estimate of drug-likeness (QED) is 0.907. The number of amides is 1. The summed E-state index contributed by atoms with van der Waals surface area (Å²) in [4.78, 5) is 15.9. The van der Waals surface area contributed by atoms with E-state index in [-0.39, 0.29) is 10.7 Å². The van der Waals surface area contributed by atoms with Crippen LogP contribution in [0.5, 0.6) is 0 Å². The number of carbonyl (C=O) groups is 1. The van der Waals surface area contributed by atoms with Gasteiger partial charge in [-0.05, 0) is 18.2 Å². The van der Waals surface area contributed by atoms with Crippen LogP contribution in [-0.4, -0.2) is 17.9 Å². The van der Waals surface area contributed by atoms with Crippen LogP contribution in [-0.2, 0) is 0 Å². The van der Waals surface area contributed by atoms with Crippen LogP contribution >= 0.6 is 11.6 Å². The Morgan fingerprint density at radius 1 is 1.32 bits per heavy atom. The molecule has 0 fully saturated rings. The lowest BCUT2D eigenvalue weighted by atomic mass is 10.2. The first kappa shape index (κ1) is 13.3. The minimum Gasteiger partial charge on any atom is -0.387 e. The van der Waals surface area contributed by atoms with Gasteiger partial charge in [0, 0.05) is 25.1 Å². The lowest BCUT2D eigenvalue weighted by Crippen LogP contribution is -2.15. The number of aromatic nitrogens is 1. The van der Waals surface area contributed by atoms with Gasteiger partial charge in [-0.2, -0.15) is 0 Å². The topological polar surface area (TPSA) is 54.0 Å². The smallest absolute Gasteiger partial charge is 0.259 e. The van der Waals surface area contributed by atoms with Gasteiger partial charge in [-0.25, -0.2) is 4.39 Å². The summed E-state index contributed by atoms with van der Waals surface area (Å²) in [7, 11) is 1.69. The number of nitrogens with one attached hydrogen (secondary N) is 2. The number of pyridine rings is 1. The average molecular weight is 280 g/mol. The van der Waals surface area contributed by atoms with Crippen molar-refractivity contribution in [3.05, 3.63) is 53.1 Å². The minimum atomic E-state index is -0.660. The predicted octanol–water partition coefficient (Wildman–Crippen LogP) is 3.17. The maximum atomic E-state index is 13.7. The second-order valence-electron chi connectivity index (χ2n) is 3.73. The lowest BCUT2D eigenvalue weighted by Gasteiger charge is -2.10. The molecular weight excluding hydrogens is 269 g/mol. The van der Waals surface area contributed by atoms with Crippen LogP contribution in [0.3, 0.4) is 0 Å². The molecule has 4 nitrogen and oxygen atoms in total. The summed E-state index contributed by atoms with van der Waals surface area (Å²) < 4.78 is 13.7. The molecule has 2 N–H and O–H groups in total. The highest BCUT2D eigenvalue weighted by Crippen LogP contribution is 2.23. The third kappa shape index (κ3) is 2.82. The van der Waals surface area contributed by atoms with Crippen molar-refractivity contribution in [3.8, 4) is 0 Å². The minimum absolute atomic E-state index is 0.0309. The first-order valence-electron chi connectivity index (χ1n) is 5.50. The number of hydrogen-bond donors (Lipinski definition) is 2. The summed E-state index contributed by atoms with van der Waals surface area (Å²) in [5.74, 6) is -1.12. The number of anilines is 2. The lowest BCUT2D eigenvalue weighted by molar-refractivity contribution is 0.102. The molecule has 0 saturated heterocycles. The van der Waals surface area contributed by atoms with Gasteiger partial charge in [-0.1, -0.05) is 17.7 Å². The fourth-order valence-electron chi connectivity index (χ4n) is 1.58. The Balaban J connectivity index is 2.28. The monoisotopic (exact) mass is 279 g/mol. The number of halogens is 2. The number of carbonyl (C=O) groups excluding carboxylic acids is 1. The molecule has 2 aromatic rings. The van der Waals surface area contributed by atoms with Gasteiger partial charge in [0.05, 0.1) is 16.3 Å². The number of rotatable bonds is 3. The molecule has 0 atom stereocenters. The van der Waals surface area contributed by atoms with Crippen LogP contribution < -0.4 is 10.6 Å². The van der Waals surface area contributed by atoms with Crippen molar-refractivity contribution in [1.82, 2.24) is 4.98 Å². The predicted molar refractivity (Wildman–Crippen MR) is 73.1 cm³/mol. The summed E-state index contributed by atoms with van der Waals surface area (Å²) >= 11 is 5.65. The first-order chi connectivity index (χ1) is 9.13. The molecule has 2 rings (SSSR count). The largest absolute Gasteiger partial charge is 0.387 e. The number of benzene rings is 1. The van der Waals surface area contributed by atoms with Crippen LogP contribution in [0.1, 0.15) is 10.4 Å². The molecule has 0 saturated carbocycles. The second-order valence-corrected chi connectivity index (χ2v) is 4.13. The van der Waals surface area contributed by atoms with Crippen molar-refractivity contribution >= 4 is 28.9 Å². The zero-order valence-corrected chi connectivity index (χ0v) is 10.8. The van der Waals surface area contributed by atoms with Crippen molar-refractivity contribution < 1.29 is 9.18 Å². The fraction of sp³-hybridized carbons (Fsp3) is 0.0769. The van der Waals surface area contributed by atoms with Crippen LogP contribution in [0.25, 0.3) is 0 Å². The molecule has 19 heavy (non-hydrogen) atoms. The highest BCUT2D eigenvalue weighted by atomic mass is 35.5. The Hall–Kier alpha value is -2.14. The first-order valence-corrected chi connectivity index (χ1v) is 5.88. The van der Waals surface area contributed by atoms with Crippen molar-refractivity contribution in [1.29, 1.82) is 0 Å². The maximum Gasteiger partial charge on any atom is 0.259 e. The van der Waals surface area contributed by atoms with E-state index in [1.807, 2.05) is 0 Å². The van der Waals surface area contributed by atoms with Crippen LogP contribution in [0.2, 0.25) is 5.02 Å². The molecule has 0 aliphatic heterocycles. The van der Waals surface area contributed by atoms with Gasteiger partial charge in [0.2, 0.25) is 0 Å². The summed E-state index contributed by atoms with van der Waals surface area (Å²) in [5, 5.41) is 5.29. The normalized spacial score (nSPS) is 10.1. The molecule has 98 valence electrons. The van der Waals surface area contributed by atoms with E-state index in [0.29, 0.717) is 11.3 Å². The van der Waals surface area contributed by atoms with E-state index < -0.39 is 11.7 Å². The molecule has 6 heteroatoms. The molecule has 0 bridgehead atoms. The molecule has 1 heterocycles. The standard InChI is InChI=1S/C13H11ClFN3O/c1-16-10-5-6-17-7-8(10)13(19)18-11-4-2-3-9(14)12(11)15/h2-7H,1H3,(H,16,17)(H,18,19). The van der Waals surface area contributed by atoms with Crippen LogP contribution in [0.4, 0.5) is 15.8 Å². The summed E-state index contributed by atoms with van der Waals surface area (Å²) in [5.41, 5.74) is 0.961. The second kappa shape index (κ2) is 5.67. The molecule has 1 amide bonds. The molecule has 0 aliphatic carbocycles. The molecule has 0 radical (unpaired) electrons. The average Bonchev–Trinajstić information content (AvgIpc) is 2.43. The zero-order chi connectivity index (χ0) is 13.8. The van der Waals surface area contributed by atoms with E-state index in [4.69, 9.17) is 11.6 Å². The number of nitrogens with zero attached hydrogens (tertiary/aromatic N) is 1. The van der Waals surface area contributed by atoms with Crippen molar-refractivity contribution in [2.24, 2.45) is 0 Å². The third-order valence-electron chi connectivity index (χ3n) is 2.53. The zero-order valence-electron chi connectivity index (χ0n) is 10.1. The molecule has 0 aliphatic rings. The van der Waals surface area contributed by atoms with Gasteiger partial charge in [-0.15, -0.1) is 0 Å². The van der Waals surface area contributed by atoms with Crippen molar-refractivity contribution in [2.75, 3.05) is 17.7 Å². The van der Waals surface area contributed by atoms with E-state index in [1.165, 1.54) is 18.3 Å². The van der Waals surface area contributed by atoms with Crippen molar-refractivity contribution in [3.63, 3.8) is 0 Å². The summed E-state index contributed by atoms with van der Waals surface area (Å²) in [6.45, 7) is 0. The van der Waals surface area contributed by atoms with Gasteiger partial charge in [0.15, 0.2) is 5.82 Å². The third-order valence-corrected chi connectivity index (χ3v) is 2.83. The van der Waals surface area contributed by atoms with Crippen molar-refractivity contribution in [2.45, 2.75) is 0 Å². The van der Waals surface area contributed by atoms with E-state index in [9.17, 15) is 9.18 Å². The van der Waals surface area contributed by atoms with E-state index >= 15 is 0 Å². The Kier molecular flexibility index (Phi) is 3.97. The fourth-order valence-corrected chi connectivity index (χ4v) is 1.76. The summed E-state index contributed by atoms with van der Waals surface area (Å²) in [6, 6.07) is 6.07. The SMILES string of the molecule is CNc1ccncc1C(=O)Nc1cccc(Cl)c1F. The van der Waals surface area contributed by atoms with Gasteiger partial charge in [0.1, 0.15) is 0 Å².